The van der Waals surface area contributed by atoms with Crippen molar-refractivity contribution in [3.8, 4) is 17.2 Å². The second-order valence-corrected chi connectivity index (χ2v) is 7.24. The van der Waals surface area contributed by atoms with E-state index in [1.807, 2.05) is 48.5 Å². The van der Waals surface area contributed by atoms with Crippen LogP contribution in [-0.2, 0) is 19.7 Å². The van der Waals surface area contributed by atoms with Gasteiger partial charge in [0.1, 0.15) is 12.4 Å². The molecule has 144 valence electrons. The van der Waals surface area contributed by atoms with Crippen LogP contribution in [0.25, 0.3) is 0 Å². The third-order valence-electron chi connectivity index (χ3n) is 4.46. The molecule has 0 fully saturated rings. The first-order chi connectivity index (χ1) is 13.7. The van der Waals surface area contributed by atoms with Gasteiger partial charge in [-0.15, -0.1) is 0 Å². The highest BCUT2D eigenvalue weighted by atomic mass is 35.5. The number of halogens is 2. The predicted molar refractivity (Wildman–Crippen MR) is 110 cm³/mol. The third kappa shape index (κ3) is 4.53. The fourth-order valence-corrected chi connectivity index (χ4v) is 3.44. The highest BCUT2D eigenvalue weighted by molar-refractivity contribution is 6.35. The maximum absolute atomic E-state index is 6.17. The van der Waals surface area contributed by atoms with Gasteiger partial charge in [-0.3, -0.25) is 0 Å². The number of benzene rings is 3. The number of hydrogen-bond donors (Lipinski definition) is 1. The third-order valence-corrected chi connectivity index (χ3v) is 5.17. The molecule has 0 aromatic heterocycles. The molecule has 0 atom stereocenters. The molecule has 1 aliphatic rings. The molecule has 0 saturated carbocycles. The van der Waals surface area contributed by atoms with Crippen LogP contribution in [0.5, 0.6) is 17.2 Å². The molecule has 6 heteroatoms. The van der Waals surface area contributed by atoms with Crippen molar-refractivity contribution in [2.24, 2.45) is 0 Å². The average Bonchev–Trinajstić information content (AvgIpc) is 3.17. The van der Waals surface area contributed by atoms with E-state index in [0.29, 0.717) is 23.4 Å². The van der Waals surface area contributed by atoms with Gasteiger partial charge in [-0.05, 0) is 47.5 Å². The summed E-state index contributed by atoms with van der Waals surface area (Å²) in [7, 11) is 0. The summed E-state index contributed by atoms with van der Waals surface area (Å²) in [5.41, 5.74) is 3.12. The zero-order valence-electron chi connectivity index (χ0n) is 15.1. The van der Waals surface area contributed by atoms with Gasteiger partial charge in [0, 0.05) is 28.7 Å². The molecule has 1 heterocycles. The van der Waals surface area contributed by atoms with E-state index in [0.717, 1.165) is 41.5 Å². The Morgan fingerprint density at radius 2 is 1.50 bits per heavy atom. The molecule has 0 radical (unpaired) electrons. The minimum atomic E-state index is 0.295. The smallest absolute Gasteiger partial charge is 0.231 e. The summed E-state index contributed by atoms with van der Waals surface area (Å²) in [5, 5.41) is 4.65. The Kier molecular flexibility index (Phi) is 5.91. The van der Waals surface area contributed by atoms with Crippen LogP contribution in [0.15, 0.2) is 60.7 Å². The number of rotatable bonds is 7. The van der Waals surface area contributed by atoms with Gasteiger partial charge in [0.25, 0.3) is 0 Å². The lowest BCUT2D eigenvalue weighted by molar-refractivity contribution is 0.174. The van der Waals surface area contributed by atoms with Crippen LogP contribution in [-0.4, -0.2) is 6.79 Å². The van der Waals surface area contributed by atoms with Gasteiger partial charge < -0.3 is 19.5 Å². The zero-order chi connectivity index (χ0) is 19.3. The first-order valence-electron chi connectivity index (χ1n) is 8.93. The summed E-state index contributed by atoms with van der Waals surface area (Å²) < 4.78 is 16.5. The maximum atomic E-state index is 6.17. The molecule has 1 N–H and O–H groups in total. The molecular formula is C22H19Cl2NO3. The molecule has 0 amide bonds. The summed E-state index contributed by atoms with van der Waals surface area (Å²) in [6.45, 7) is 2.13. The van der Waals surface area contributed by atoms with E-state index in [1.54, 1.807) is 12.1 Å². The largest absolute Gasteiger partial charge is 0.489 e. The maximum Gasteiger partial charge on any atom is 0.231 e. The van der Waals surface area contributed by atoms with Crippen LogP contribution in [0.1, 0.15) is 16.7 Å². The lowest BCUT2D eigenvalue weighted by atomic mass is 10.2. The van der Waals surface area contributed by atoms with Crippen molar-refractivity contribution >= 4 is 23.2 Å². The van der Waals surface area contributed by atoms with Gasteiger partial charge in [-0.25, -0.2) is 0 Å². The molecular weight excluding hydrogens is 397 g/mol. The molecule has 4 nitrogen and oxygen atoms in total. The van der Waals surface area contributed by atoms with Crippen molar-refractivity contribution in [3.63, 3.8) is 0 Å². The number of ether oxygens (including phenoxy) is 3. The highest BCUT2D eigenvalue weighted by Gasteiger charge is 2.12. The van der Waals surface area contributed by atoms with Gasteiger partial charge in [0.05, 0.1) is 0 Å². The van der Waals surface area contributed by atoms with E-state index in [-0.39, 0.29) is 0 Å². The molecule has 1 aliphatic heterocycles. The standard InChI is InChI=1S/C22H19Cl2NO3/c23-19-2-1-3-20(24)18(19)13-26-17-7-4-15(5-8-17)11-25-12-16-6-9-21-22(10-16)28-14-27-21/h1-10,25H,11-14H2. The Morgan fingerprint density at radius 3 is 2.29 bits per heavy atom. The number of hydrogen-bond acceptors (Lipinski definition) is 4. The Balaban J connectivity index is 1.27. The van der Waals surface area contributed by atoms with E-state index in [1.165, 1.54) is 5.56 Å². The molecule has 0 spiro atoms. The molecule has 3 aromatic carbocycles. The molecule has 0 saturated heterocycles. The summed E-state index contributed by atoms with van der Waals surface area (Å²) in [4.78, 5) is 0. The van der Waals surface area contributed by atoms with Gasteiger partial charge in [-0.2, -0.15) is 0 Å². The Hall–Kier alpha value is -2.40. The van der Waals surface area contributed by atoms with E-state index in [2.05, 4.69) is 5.32 Å². The molecule has 3 aromatic rings. The zero-order valence-corrected chi connectivity index (χ0v) is 16.6. The summed E-state index contributed by atoms with van der Waals surface area (Å²) in [6.07, 6.45) is 0. The van der Waals surface area contributed by atoms with E-state index in [4.69, 9.17) is 37.4 Å². The van der Waals surface area contributed by atoms with E-state index < -0.39 is 0 Å². The molecule has 0 unspecified atom stereocenters. The van der Waals surface area contributed by atoms with Crippen molar-refractivity contribution in [2.75, 3.05) is 6.79 Å². The van der Waals surface area contributed by atoms with Crippen LogP contribution in [0.2, 0.25) is 10.0 Å². The Labute approximate surface area is 173 Å². The molecule has 0 bridgehead atoms. The van der Waals surface area contributed by atoms with Gasteiger partial charge in [0.2, 0.25) is 6.79 Å². The summed E-state index contributed by atoms with van der Waals surface area (Å²) in [5.74, 6) is 2.38. The Morgan fingerprint density at radius 1 is 0.821 bits per heavy atom. The van der Waals surface area contributed by atoms with Crippen molar-refractivity contribution in [1.29, 1.82) is 0 Å². The van der Waals surface area contributed by atoms with Gasteiger partial charge >= 0.3 is 0 Å². The van der Waals surface area contributed by atoms with Crippen molar-refractivity contribution in [3.05, 3.63) is 87.4 Å². The van der Waals surface area contributed by atoms with Crippen molar-refractivity contribution in [2.45, 2.75) is 19.7 Å². The van der Waals surface area contributed by atoms with E-state index >= 15 is 0 Å². The fourth-order valence-electron chi connectivity index (χ4n) is 2.93. The predicted octanol–water partition coefficient (Wildman–Crippen LogP) is 5.59. The summed E-state index contributed by atoms with van der Waals surface area (Å²) in [6, 6.07) is 19.4. The van der Waals surface area contributed by atoms with Crippen LogP contribution in [0.4, 0.5) is 0 Å². The van der Waals surface area contributed by atoms with Gasteiger partial charge in [0.15, 0.2) is 11.5 Å². The first-order valence-corrected chi connectivity index (χ1v) is 9.68. The monoisotopic (exact) mass is 415 g/mol. The highest BCUT2D eigenvalue weighted by Crippen LogP contribution is 2.32. The normalized spacial score (nSPS) is 12.2. The molecule has 0 aliphatic carbocycles. The summed E-state index contributed by atoms with van der Waals surface area (Å²) >= 11 is 12.3. The second kappa shape index (κ2) is 8.74. The number of nitrogens with one attached hydrogen (secondary N) is 1. The fraction of sp³-hybridized carbons (Fsp3) is 0.182. The minimum Gasteiger partial charge on any atom is -0.489 e. The lowest BCUT2D eigenvalue weighted by Gasteiger charge is -2.10. The minimum absolute atomic E-state index is 0.295. The van der Waals surface area contributed by atoms with Crippen LogP contribution in [0, 0.1) is 0 Å². The molecule has 4 rings (SSSR count). The Bertz CT molecular complexity index is 940. The second-order valence-electron chi connectivity index (χ2n) is 6.42. The SMILES string of the molecule is Clc1cccc(Cl)c1COc1ccc(CNCc2ccc3c(c2)OCO3)cc1. The molecule has 28 heavy (non-hydrogen) atoms. The van der Waals surface area contributed by atoms with E-state index in [9.17, 15) is 0 Å². The quantitative estimate of drug-likeness (QED) is 0.545. The number of fused-ring (bicyclic) bond motifs is 1. The van der Waals surface area contributed by atoms with Crippen LogP contribution >= 0.6 is 23.2 Å². The van der Waals surface area contributed by atoms with Crippen LogP contribution < -0.4 is 19.5 Å². The average molecular weight is 416 g/mol. The van der Waals surface area contributed by atoms with Crippen molar-refractivity contribution in [1.82, 2.24) is 5.32 Å². The van der Waals surface area contributed by atoms with Crippen LogP contribution in [0.3, 0.4) is 0 Å². The van der Waals surface area contributed by atoms with Crippen molar-refractivity contribution < 1.29 is 14.2 Å². The van der Waals surface area contributed by atoms with Gasteiger partial charge in [-0.1, -0.05) is 47.5 Å². The topological polar surface area (TPSA) is 39.7 Å². The lowest BCUT2D eigenvalue weighted by Crippen LogP contribution is -2.12. The first kappa shape index (κ1) is 18.9.